The smallest absolute Gasteiger partial charge is 0.261 e. The van der Waals surface area contributed by atoms with Gasteiger partial charge < -0.3 is 9.63 Å². The van der Waals surface area contributed by atoms with E-state index < -0.39 is 6.10 Å². The minimum Gasteiger partial charge on any atom is -0.385 e. The molecule has 2 aromatic rings. The summed E-state index contributed by atoms with van der Waals surface area (Å²) in [7, 11) is 1.86. The molecule has 16 heavy (non-hydrogen) atoms. The zero-order valence-corrected chi connectivity index (χ0v) is 9.72. The number of aromatic nitrogens is 4. The molecule has 0 spiro atoms. The fraction of sp³-hybridized carbons (Fsp3) is 0.500. The first kappa shape index (κ1) is 10.8. The van der Waals surface area contributed by atoms with Gasteiger partial charge in [-0.25, -0.2) is 0 Å². The van der Waals surface area contributed by atoms with Crippen molar-refractivity contribution in [1.29, 1.82) is 0 Å². The molecule has 0 saturated heterocycles. The molecule has 1 N–H and O–H groups in total. The Kier molecular flexibility index (Phi) is 2.51. The first-order valence-electron chi connectivity index (χ1n) is 5.03. The summed E-state index contributed by atoms with van der Waals surface area (Å²) in [5.41, 5.74) is 2.63. The van der Waals surface area contributed by atoms with Crippen LogP contribution < -0.4 is 0 Å². The standard InChI is InChI=1S/C10H14N4O2/c1-5-8(6(2)14(4)12-5)10-11-9(7(3)15)13-16-10/h7,15H,1-4H3. The number of hydrogen-bond donors (Lipinski definition) is 1. The predicted octanol–water partition coefficient (Wildman–Crippen LogP) is 1.14. The van der Waals surface area contributed by atoms with Crippen molar-refractivity contribution in [3.63, 3.8) is 0 Å². The minimum atomic E-state index is -0.727. The van der Waals surface area contributed by atoms with Gasteiger partial charge in [-0.05, 0) is 20.8 Å². The SMILES string of the molecule is Cc1nn(C)c(C)c1-c1nc(C(C)O)no1. The highest BCUT2D eigenvalue weighted by molar-refractivity contribution is 5.59. The lowest BCUT2D eigenvalue weighted by Gasteiger charge is -1.95. The maximum Gasteiger partial charge on any atom is 0.261 e. The van der Waals surface area contributed by atoms with Crippen molar-refractivity contribution in [3.05, 3.63) is 17.2 Å². The third-order valence-corrected chi connectivity index (χ3v) is 2.54. The van der Waals surface area contributed by atoms with Gasteiger partial charge in [0.05, 0.1) is 11.3 Å². The Morgan fingerprint density at radius 1 is 1.38 bits per heavy atom. The van der Waals surface area contributed by atoms with E-state index in [9.17, 15) is 5.11 Å². The molecule has 86 valence electrons. The van der Waals surface area contributed by atoms with Crippen molar-refractivity contribution in [2.24, 2.45) is 7.05 Å². The zero-order valence-electron chi connectivity index (χ0n) is 9.72. The number of aliphatic hydroxyl groups is 1. The van der Waals surface area contributed by atoms with Gasteiger partial charge in [-0.2, -0.15) is 10.1 Å². The molecule has 2 heterocycles. The lowest BCUT2D eigenvalue weighted by molar-refractivity contribution is 0.184. The zero-order chi connectivity index (χ0) is 11.9. The van der Waals surface area contributed by atoms with Gasteiger partial charge in [-0.15, -0.1) is 0 Å². The van der Waals surface area contributed by atoms with Crippen LogP contribution in [-0.4, -0.2) is 25.0 Å². The van der Waals surface area contributed by atoms with Crippen LogP contribution in [0.4, 0.5) is 0 Å². The second kappa shape index (κ2) is 3.71. The lowest BCUT2D eigenvalue weighted by Crippen LogP contribution is -1.94. The van der Waals surface area contributed by atoms with Crippen LogP contribution in [0, 0.1) is 13.8 Å². The van der Waals surface area contributed by atoms with E-state index in [1.54, 1.807) is 11.6 Å². The summed E-state index contributed by atoms with van der Waals surface area (Å²) >= 11 is 0. The van der Waals surface area contributed by atoms with Gasteiger partial charge in [0.2, 0.25) is 0 Å². The summed E-state index contributed by atoms with van der Waals surface area (Å²) < 4.78 is 6.87. The minimum absolute atomic E-state index is 0.289. The van der Waals surface area contributed by atoms with Gasteiger partial charge in [0.25, 0.3) is 5.89 Å². The number of hydrogen-bond acceptors (Lipinski definition) is 5. The molecule has 0 aromatic carbocycles. The second-order valence-electron chi connectivity index (χ2n) is 3.80. The van der Waals surface area contributed by atoms with Crippen molar-refractivity contribution < 1.29 is 9.63 Å². The normalized spacial score (nSPS) is 13.1. The lowest BCUT2D eigenvalue weighted by atomic mass is 10.2. The highest BCUT2D eigenvalue weighted by Crippen LogP contribution is 2.25. The molecule has 0 amide bonds. The van der Waals surface area contributed by atoms with Crippen molar-refractivity contribution in [1.82, 2.24) is 19.9 Å². The van der Waals surface area contributed by atoms with Crippen LogP contribution in [0.3, 0.4) is 0 Å². The molecular weight excluding hydrogens is 208 g/mol. The molecule has 0 saturated carbocycles. The van der Waals surface area contributed by atoms with Gasteiger partial charge in [0.1, 0.15) is 6.10 Å². The van der Waals surface area contributed by atoms with E-state index in [2.05, 4.69) is 15.2 Å². The predicted molar refractivity (Wildman–Crippen MR) is 56.6 cm³/mol. The maximum absolute atomic E-state index is 9.32. The Morgan fingerprint density at radius 2 is 2.06 bits per heavy atom. The van der Waals surface area contributed by atoms with Crippen LogP contribution in [0.2, 0.25) is 0 Å². The summed E-state index contributed by atoms with van der Waals surface area (Å²) in [5, 5.41) is 17.3. The van der Waals surface area contributed by atoms with Crippen molar-refractivity contribution in [2.75, 3.05) is 0 Å². The summed E-state index contributed by atoms with van der Waals surface area (Å²) in [4.78, 5) is 4.13. The molecule has 0 bridgehead atoms. The van der Waals surface area contributed by atoms with Gasteiger partial charge in [0, 0.05) is 12.7 Å². The molecule has 6 nitrogen and oxygen atoms in total. The largest absolute Gasteiger partial charge is 0.385 e. The van der Waals surface area contributed by atoms with Crippen molar-refractivity contribution in [3.8, 4) is 11.5 Å². The Morgan fingerprint density at radius 3 is 2.50 bits per heavy atom. The number of nitrogens with zero attached hydrogens (tertiary/aromatic N) is 4. The summed E-state index contributed by atoms with van der Waals surface area (Å²) in [6.45, 7) is 5.41. The van der Waals surface area contributed by atoms with Crippen molar-refractivity contribution in [2.45, 2.75) is 26.9 Å². The molecule has 2 rings (SSSR count). The molecule has 0 aliphatic rings. The van der Waals surface area contributed by atoms with E-state index in [1.807, 2.05) is 20.9 Å². The average Bonchev–Trinajstić information content (AvgIpc) is 2.74. The first-order valence-corrected chi connectivity index (χ1v) is 5.03. The Bertz CT molecular complexity index is 513. The molecule has 2 aromatic heterocycles. The third-order valence-electron chi connectivity index (χ3n) is 2.54. The fourth-order valence-electron chi connectivity index (χ4n) is 1.59. The van der Waals surface area contributed by atoms with E-state index in [1.165, 1.54) is 0 Å². The van der Waals surface area contributed by atoms with Gasteiger partial charge in [-0.1, -0.05) is 5.16 Å². The van der Waals surface area contributed by atoms with Crippen LogP contribution in [0.25, 0.3) is 11.5 Å². The van der Waals surface area contributed by atoms with E-state index in [0.29, 0.717) is 5.89 Å². The van der Waals surface area contributed by atoms with Crippen LogP contribution in [-0.2, 0) is 7.05 Å². The molecule has 0 radical (unpaired) electrons. The summed E-state index contributed by atoms with van der Waals surface area (Å²) in [6.07, 6.45) is -0.727. The second-order valence-corrected chi connectivity index (χ2v) is 3.80. The van der Waals surface area contributed by atoms with Gasteiger partial charge >= 0.3 is 0 Å². The van der Waals surface area contributed by atoms with Crippen LogP contribution in [0.1, 0.15) is 30.2 Å². The molecule has 1 unspecified atom stereocenters. The summed E-state index contributed by atoms with van der Waals surface area (Å²) in [6, 6.07) is 0. The third kappa shape index (κ3) is 1.61. The Hall–Kier alpha value is -1.69. The van der Waals surface area contributed by atoms with E-state index in [4.69, 9.17) is 4.52 Å². The Labute approximate surface area is 92.9 Å². The Balaban J connectivity index is 2.50. The molecular formula is C10H14N4O2. The summed E-state index contributed by atoms with van der Waals surface area (Å²) in [5.74, 6) is 0.691. The van der Waals surface area contributed by atoms with E-state index >= 15 is 0 Å². The van der Waals surface area contributed by atoms with Gasteiger partial charge in [-0.3, -0.25) is 4.68 Å². The molecule has 6 heteroatoms. The monoisotopic (exact) mass is 222 g/mol. The highest BCUT2D eigenvalue weighted by Gasteiger charge is 2.19. The maximum atomic E-state index is 9.32. The quantitative estimate of drug-likeness (QED) is 0.824. The first-order chi connectivity index (χ1) is 7.50. The molecule has 0 fully saturated rings. The molecule has 0 aliphatic carbocycles. The van der Waals surface area contributed by atoms with E-state index in [-0.39, 0.29) is 5.82 Å². The number of aliphatic hydroxyl groups excluding tert-OH is 1. The molecule has 0 aliphatic heterocycles. The van der Waals surface area contributed by atoms with Crippen LogP contribution >= 0.6 is 0 Å². The molecule has 1 atom stereocenters. The van der Waals surface area contributed by atoms with Gasteiger partial charge in [0.15, 0.2) is 5.82 Å². The topological polar surface area (TPSA) is 77.0 Å². The number of rotatable bonds is 2. The van der Waals surface area contributed by atoms with E-state index in [0.717, 1.165) is 17.0 Å². The fourth-order valence-corrected chi connectivity index (χ4v) is 1.59. The van der Waals surface area contributed by atoms with Crippen LogP contribution in [0.5, 0.6) is 0 Å². The number of aryl methyl sites for hydroxylation is 2. The van der Waals surface area contributed by atoms with Crippen molar-refractivity contribution >= 4 is 0 Å². The average molecular weight is 222 g/mol. The van der Waals surface area contributed by atoms with Crippen LogP contribution in [0.15, 0.2) is 4.52 Å². The highest BCUT2D eigenvalue weighted by atomic mass is 16.5.